The minimum absolute atomic E-state index is 0.0703. The molecular formula is C14H9ClF2O2. The van der Waals surface area contributed by atoms with Crippen LogP contribution in [0.1, 0.15) is 10.4 Å². The van der Waals surface area contributed by atoms with Gasteiger partial charge in [0.1, 0.15) is 5.75 Å². The van der Waals surface area contributed by atoms with Gasteiger partial charge in [0.2, 0.25) is 0 Å². The van der Waals surface area contributed by atoms with Gasteiger partial charge in [-0.05, 0) is 29.8 Å². The first kappa shape index (κ1) is 13.5. The molecule has 19 heavy (non-hydrogen) atoms. The number of hydrogen-bond donors (Lipinski definition) is 0. The molecule has 0 saturated heterocycles. The van der Waals surface area contributed by atoms with Crippen molar-refractivity contribution in [1.29, 1.82) is 0 Å². The fourth-order valence-corrected chi connectivity index (χ4v) is 2.00. The maximum Gasteiger partial charge on any atom is 0.160 e. The summed E-state index contributed by atoms with van der Waals surface area (Å²) in [6, 6.07) is 6.58. The second kappa shape index (κ2) is 5.36. The molecular weight excluding hydrogens is 274 g/mol. The van der Waals surface area contributed by atoms with Gasteiger partial charge in [0.25, 0.3) is 0 Å². The highest BCUT2D eigenvalue weighted by Crippen LogP contribution is 2.32. The Morgan fingerprint density at radius 1 is 1.16 bits per heavy atom. The zero-order chi connectivity index (χ0) is 14.0. The molecule has 0 bridgehead atoms. The van der Waals surface area contributed by atoms with E-state index in [1.165, 1.54) is 13.2 Å². The van der Waals surface area contributed by atoms with Crippen LogP contribution in [0.15, 0.2) is 30.3 Å². The van der Waals surface area contributed by atoms with E-state index in [1.807, 2.05) is 0 Å². The fraction of sp³-hybridized carbons (Fsp3) is 0.0714. The lowest BCUT2D eigenvalue weighted by molar-refractivity contribution is 0.112. The molecule has 0 amide bonds. The molecule has 2 nitrogen and oxygen atoms in total. The number of hydrogen-bond acceptors (Lipinski definition) is 2. The number of benzene rings is 2. The lowest BCUT2D eigenvalue weighted by Gasteiger charge is -2.09. The van der Waals surface area contributed by atoms with E-state index >= 15 is 0 Å². The van der Waals surface area contributed by atoms with Crippen molar-refractivity contribution in [2.75, 3.05) is 7.11 Å². The third-order valence-corrected chi connectivity index (χ3v) is 2.99. The molecule has 0 atom stereocenters. The number of carbonyl (C=O) groups excluding carboxylic acids is 1. The molecule has 5 heteroatoms. The van der Waals surface area contributed by atoms with Crippen LogP contribution in [0, 0.1) is 11.6 Å². The maximum absolute atomic E-state index is 13.2. The van der Waals surface area contributed by atoms with Gasteiger partial charge >= 0.3 is 0 Å². The zero-order valence-corrected chi connectivity index (χ0v) is 10.7. The summed E-state index contributed by atoms with van der Waals surface area (Å²) in [6.07, 6.45) is 0.621. The van der Waals surface area contributed by atoms with Crippen molar-refractivity contribution >= 4 is 17.9 Å². The molecule has 0 spiro atoms. The van der Waals surface area contributed by atoms with Crippen molar-refractivity contribution in [3.8, 4) is 16.9 Å². The quantitative estimate of drug-likeness (QED) is 0.626. The molecule has 0 unspecified atom stereocenters. The first-order chi connectivity index (χ1) is 9.06. The van der Waals surface area contributed by atoms with E-state index in [2.05, 4.69) is 0 Å². The van der Waals surface area contributed by atoms with Gasteiger partial charge in [-0.1, -0.05) is 17.7 Å². The average Bonchev–Trinajstić information content (AvgIpc) is 2.42. The monoisotopic (exact) mass is 282 g/mol. The van der Waals surface area contributed by atoms with Gasteiger partial charge in [0, 0.05) is 5.56 Å². The molecule has 2 aromatic rings. The molecule has 0 radical (unpaired) electrons. The Morgan fingerprint density at radius 3 is 2.47 bits per heavy atom. The predicted octanol–water partition coefficient (Wildman–Crippen LogP) is 4.11. The maximum atomic E-state index is 13.2. The van der Waals surface area contributed by atoms with Crippen LogP contribution < -0.4 is 4.74 Å². The summed E-state index contributed by atoms with van der Waals surface area (Å²) in [5.74, 6) is -1.61. The molecule has 0 fully saturated rings. The van der Waals surface area contributed by atoms with Gasteiger partial charge in [-0.25, -0.2) is 8.78 Å². The number of aldehydes is 1. The molecule has 0 aliphatic heterocycles. The molecule has 2 rings (SSSR count). The number of ether oxygens (including phenoxy) is 1. The SMILES string of the molecule is COc1ccc(-c2cc(F)c(F)cc2Cl)cc1C=O. The van der Waals surface area contributed by atoms with E-state index in [0.29, 0.717) is 28.7 Å². The lowest BCUT2D eigenvalue weighted by atomic mass is 10.0. The van der Waals surface area contributed by atoms with E-state index < -0.39 is 11.6 Å². The average molecular weight is 283 g/mol. The van der Waals surface area contributed by atoms with Crippen molar-refractivity contribution in [2.24, 2.45) is 0 Å². The van der Waals surface area contributed by atoms with Crippen LogP contribution in [0.3, 0.4) is 0 Å². The topological polar surface area (TPSA) is 26.3 Å². The van der Waals surface area contributed by atoms with E-state index in [0.717, 1.165) is 12.1 Å². The summed E-state index contributed by atoms with van der Waals surface area (Å²) in [7, 11) is 1.44. The second-order valence-corrected chi connectivity index (χ2v) is 4.23. The van der Waals surface area contributed by atoms with Gasteiger partial charge in [0.15, 0.2) is 17.9 Å². The van der Waals surface area contributed by atoms with Crippen LogP contribution >= 0.6 is 11.6 Å². The minimum Gasteiger partial charge on any atom is -0.496 e. The summed E-state index contributed by atoms with van der Waals surface area (Å²) in [5, 5.41) is 0.0703. The van der Waals surface area contributed by atoms with Crippen molar-refractivity contribution in [3.63, 3.8) is 0 Å². The van der Waals surface area contributed by atoms with Crippen molar-refractivity contribution in [3.05, 3.63) is 52.6 Å². The van der Waals surface area contributed by atoms with Gasteiger partial charge in [-0.2, -0.15) is 0 Å². The van der Waals surface area contributed by atoms with E-state index in [-0.39, 0.29) is 5.02 Å². The minimum atomic E-state index is -1.02. The smallest absolute Gasteiger partial charge is 0.160 e. The number of methoxy groups -OCH3 is 1. The Hall–Kier alpha value is -1.94. The lowest BCUT2D eigenvalue weighted by Crippen LogP contribution is -1.92. The Balaban J connectivity index is 2.59. The molecule has 0 aromatic heterocycles. The summed E-state index contributed by atoms with van der Waals surface area (Å²) in [4.78, 5) is 10.9. The van der Waals surface area contributed by atoms with Crippen molar-refractivity contribution in [2.45, 2.75) is 0 Å². The van der Waals surface area contributed by atoms with Crippen LogP contribution in [-0.2, 0) is 0 Å². The summed E-state index contributed by atoms with van der Waals surface area (Å²) in [5.41, 5.74) is 1.12. The Bertz CT molecular complexity index is 642. The fourth-order valence-electron chi connectivity index (χ4n) is 1.74. The van der Waals surface area contributed by atoms with E-state index in [1.54, 1.807) is 12.1 Å². The van der Waals surface area contributed by atoms with Crippen molar-refractivity contribution in [1.82, 2.24) is 0 Å². The number of rotatable bonds is 3. The van der Waals surface area contributed by atoms with E-state index in [9.17, 15) is 13.6 Å². The molecule has 2 aromatic carbocycles. The third kappa shape index (κ3) is 2.58. The van der Waals surface area contributed by atoms with Gasteiger partial charge in [-0.15, -0.1) is 0 Å². The third-order valence-electron chi connectivity index (χ3n) is 2.68. The Kier molecular flexibility index (Phi) is 3.81. The van der Waals surface area contributed by atoms with Crippen molar-refractivity contribution < 1.29 is 18.3 Å². The van der Waals surface area contributed by atoms with Crippen LogP contribution in [0.5, 0.6) is 5.75 Å². The van der Waals surface area contributed by atoms with Crippen LogP contribution in [-0.4, -0.2) is 13.4 Å². The van der Waals surface area contributed by atoms with Gasteiger partial charge in [-0.3, -0.25) is 4.79 Å². The highest BCUT2D eigenvalue weighted by Gasteiger charge is 2.12. The van der Waals surface area contributed by atoms with Gasteiger partial charge < -0.3 is 4.74 Å². The summed E-state index contributed by atoms with van der Waals surface area (Å²) >= 11 is 5.88. The molecule has 0 aliphatic carbocycles. The predicted molar refractivity (Wildman–Crippen MR) is 68.7 cm³/mol. The number of halogens is 3. The largest absolute Gasteiger partial charge is 0.496 e. The molecule has 98 valence electrons. The highest BCUT2D eigenvalue weighted by atomic mass is 35.5. The standard InChI is InChI=1S/C14H9ClF2O2/c1-19-14-3-2-8(4-9(14)7-18)10-5-12(16)13(17)6-11(10)15/h2-7H,1H3. The Labute approximate surface area is 113 Å². The van der Waals surface area contributed by atoms with Crippen LogP contribution in [0.2, 0.25) is 5.02 Å². The molecule has 0 saturated carbocycles. The normalized spacial score (nSPS) is 10.3. The Morgan fingerprint density at radius 2 is 1.84 bits per heavy atom. The zero-order valence-electron chi connectivity index (χ0n) is 9.91. The molecule has 0 N–H and O–H groups in total. The summed E-state index contributed by atoms with van der Waals surface area (Å²) < 4.78 is 31.3. The summed E-state index contributed by atoms with van der Waals surface area (Å²) in [6.45, 7) is 0. The first-order valence-electron chi connectivity index (χ1n) is 5.35. The van der Waals surface area contributed by atoms with Crippen LogP contribution in [0.25, 0.3) is 11.1 Å². The van der Waals surface area contributed by atoms with E-state index in [4.69, 9.17) is 16.3 Å². The first-order valence-corrected chi connectivity index (χ1v) is 5.72. The number of carbonyl (C=O) groups is 1. The highest BCUT2D eigenvalue weighted by molar-refractivity contribution is 6.33. The second-order valence-electron chi connectivity index (χ2n) is 3.82. The molecule has 0 heterocycles. The molecule has 0 aliphatic rings. The van der Waals surface area contributed by atoms with Gasteiger partial charge in [0.05, 0.1) is 17.7 Å². The van der Waals surface area contributed by atoms with Crippen LogP contribution in [0.4, 0.5) is 8.78 Å².